The SMILES string of the molecule is CCCCOc1cccc(CNC(=O)[C@@H]2CC[C@H](CN)O2)c1. The van der Waals surface area contributed by atoms with Gasteiger partial charge in [0.05, 0.1) is 12.7 Å². The van der Waals surface area contributed by atoms with Crippen LogP contribution in [-0.4, -0.2) is 31.3 Å². The van der Waals surface area contributed by atoms with Gasteiger partial charge in [-0.05, 0) is 37.0 Å². The van der Waals surface area contributed by atoms with Crippen LogP contribution in [0.4, 0.5) is 0 Å². The van der Waals surface area contributed by atoms with Gasteiger partial charge in [-0.1, -0.05) is 25.5 Å². The van der Waals surface area contributed by atoms with Crippen molar-refractivity contribution in [1.29, 1.82) is 0 Å². The van der Waals surface area contributed by atoms with E-state index in [1.807, 2.05) is 24.3 Å². The van der Waals surface area contributed by atoms with Crippen LogP contribution in [0.25, 0.3) is 0 Å². The summed E-state index contributed by atoms with van der Waals surface area (Å²) in [5.41, 5.74) is 6.58. The molecule has 1 heterocycles. The summed E-state index contributed by atoms with van der Waals surface area (Å²) in [6, 6.07) is 7.82. The zero-order valence-electron chi connectivity index (χ0n) is 13.2. The molecule has 5 nitrogen and oxygen atoms in total. The molecule has 0 saturated carbocycles. The number of nitrogens with two attached hydrogens (primary N) is 1. The minimum atomic E-state index is -0.363. The van der Waals surface area contributed by atoms with E-state index in [2.05, 4.69) is 12.2 Å². The Labute approximate surface area is 132 Å². The maximum Gasteiger partial charge on any atom is 0.249 e. The predicted molar refractivity (Wildman–Crippen MR) is 85.6 cm³/mol. The van der Waals surface area contributed by atoms with Gasteiger partial charge in [0.1, 0.15) is 11.9 Å². The molecule has 2 atom stereocenters. The van der Waals surface area contributed by atoms with Gasteiger partial charge in [-0.25, -0.2) is 0 Å². The average Bonchev–Trinajstić information content (AvgIpc) is 3.02. The van der Waals surface area contributed by atoms with Crippen molar-refractivity contribution in [1.82, 2.24) is 5.32 Å². The summed E-state index contributed by atoms with van der Waals surface area (Å²) >= 11 is 0. The second kappa shape index (κ2) is 8.76. The molecule has 0 radical (unpaired) electrons. The number of carbonyl (C=O) groups excluding carboxylic acids is 1. The van der Waals surface area contributed by atoms with Crippen LogP contribution in [0, 0.1) is 0 Å². The first-order valence-electron chi connectivity index (χ1n) is 8.08. The predicted octanol–water partition coefficient (Wildman–Crippen LogP) is 1.99. The number of carbonyl (C=O) groups is 1. The first-order chi connectivity index (χ1) is 10.7. The number of ether oxygens (including phenoxy) is 2. The van der Waals surface area contributed by atoms with Gasteiger partial charge >= 0.3 is 0 Å². The van der Waals surface area contributed by atoms with Crippen molar-refractivity contribution in [2.45, 2.75) is 51.4 Å². The lowest BCUT2D eigenvalue weighted by atomic mass is 10.1. The Morgan fingerprint density at radius 1 is 1.45 bits per heavy atom. The van der Waals surface area contributed by atoms with Crippen LogP contribution >= 0.6 is 0 Å². The summed E-state index contributed by atoms with van der Waals surface area (Å²) in [5, 5.41) is 2.92. The molecule has 1 fully saturated rings. The zero-order chi connectivity index (χ0) is 15.8. The molecule has 1 saturated heterocycles. The Hall–Kier alpha value is -1.59. The van der Waals surface area contributed by atoms with E-state index in [0.29, 0.717) is 13.1 Å². The van der Waals surface area contributed by atoms with Crippen LogP contribution in [0.5, 0.6) is 5.75 Å². The standard InChI is InChI=1S/C17H26N2O3/c1-2-3-9-21-14-6-4-5-13(10-14)12-19-17(20)16-8-7-15(11-18)22-16/h4-6,10,15-16H,2-3,7-9,11-12,18H2,1H3,(H,19,20)/t15-,16+/m1/s1. The lowest BCUT2D eigenvalue weighted by Gasteiger charge is -2.13. The van der Waals surface area contributed by atoms with E-state index >= 15 is 0 Å². The number of unbranched alkanes of at least 4 members (excludes halogenated alkanes) is 1. The third-order valence-corrected chi connectivity index (χ3v) is 3.79. The minimum absolute atomic E-state index is 0.0195. The molecule has 2 rings (SSSR count). The van der Waals surface area contributed by atoms with Gasteiger partial charge in [0.25, 0.3) is 0 Å². The van der Waals surface area contributed by atoms with E-state index < -0.39 is 0 Å². The lowest BCUT2D eigenvalue weighted by Crippen LogP contribution is -2.35. The molecule has 1 aromatic carbocycles. The van der Waals surface area contributed by atoms with Gasteiger partial charge in [0.15, 0.2) is 0 Å². The molecule has 0 aromatic heterocycles. The highest BCUT2D eigenvalue weighted by molar-refractivity contribution is 5.81. The van der Waals surface area contributed by atoms with E-state index in [1.54, 1.807) is 0 Å². The second-order valence-electron chi connectivity index (χ2n) is 5.63. The molecule has 0 bridgehead atoms. The summed E-state index contributed by atoms with van der Waals surface area (Å²) < 4.78 is 11.3. The summed E-state index contributed by atoms with van der Waals surface area (Å²) in [7, 11) is 0. The Morgan fingerprint density at radius 2 is 2.32 bits per heavy atom. The van der Waals surface area contributed by atoms with Crippen molar-refractivity contribution in [2.75, 3.05) is 13.2 Å². The van der Waals surface area contributed by atoms with Gasteiger partial charge < -0.3 is 20.5 Å². The highest BCUT2D eigenvalue weighted by Gasteiger charge is 2.29. The van der Waals surface area contributed by atoms with Gasteiger partial charge in [0, 0.05) is 13.1 Å². The van der Waals surface area contributed by atoms with Gasteiger partial charge in [-0.15, -0.1) is 0 Å². The highest BCUT2D eigenvalue weighted by atomic mass is 16.5. The number of rotatable bonds is 8. The summed E-state index contributed by atoms with van der Waals surface area (Å²) in [4.78, 5) is 12.1. The zero-order valence-corrected chi connectivity index (χ0v) is 13.2. The second-order valence-corrected chi connectivity index (χ2v) is 5.63. The van der Waals surface area contributed by atoms with Crippen molar-refractivity contribution in [3.8, 4) is 5.75 Å². The monoisotopic (exact) mass is 306 g/mol. The Morgan fingerprint density at radius 3 is 3.05 bits per heavy atom. The molecule has 122 valence electrons. The number of amides is 1. The van der Waals surface area contributed by atoms with E-state index in [-0.39, 0.29) is 18.1 Å². The smallest absolute Gasteiger partial charge is 0.249 e. The number of nitrogens with one attached hydrogen (secondary N) is 1. The Kier molecular flexibility index (Phi) is 6.68. The molecule has 0 spiro atoms. The molecular formula is C17H26N2O3. The first-order valence-corrected chi connectivity index (χ1v) is 8.08. The van der Waals surface area contributed by atoms with Crippen molar-refractivity contribution in [3.63, 3.8) is 0 Å². The topological polar surface area (TPSA) is 73.6 Å². The molecule has 1 aliphatic heterocycles. The van der Waals surface area contributed by atoms with Crippen LogP contribution in [0.15, 0.2) is 24.3 Å². The molecule has 1 amide bonds. The first kappa shape index (κ1) is 16.8. The van der Waals surface area contributed by atoms with Crippen molar-refractivity contribution in [3.05, 3.63) is 29.8 Å². The van der Waals surface area contributed by atoms with Gasteiger partial charge in [-0.2, -0.15) is 0 Å². The molecule has 0 unspecified atom stereocenters. The van der Waals surface area contributed by atoms with E-state index in [1.165, 1.54) is 0 Å². The van der Waals surface area contributed by atoms with Gasteiger partial charge in [0.2, 0.25) is 5.91 Å². The average molecular weight is 306 g/mol. The lowest BCUT2D eigenvalue weighted by molar-refractivity contribution is -0.132. The van der Waals surface area contributed by atoms with Gasteiger partial charge in [-0.3, -0.25) is 4.79 Å². The Balaban J connectivity index is 1.78. The molecule has 22 heavy (non-hydrogen) atoms. The van der Waals surface area contributed by atoms with Crippen LogP contribution in [0.1, 0.15) is 38.2 Å². The van der Waals surface area contributed by atoms with E-state index in [4.69, 9.17) is 15.2 Å². The van der Waals surface area contributed by atoms with Crippen LogP contribution < -0.4 is 15.8 Å². The summed E-state index contributed by atoms with van der Waals surface area (Å²) in [5.74, 6) is 0.786. The fourth-order valence-corrected chi connectivity index (χ4v) is 2.45. The number of hydrogen-bond donors (Lipinski definition) is 2. The van der Waals surface area contributed by atoms with Crippen LogP contribution in [0.3, 0.4) is 0 Å². The third-order valence-electron chi connectivity index (χ3n) is 3.79. The van der Waals surface area contributed by atoms with Crippen LogP contribution in [-0.2, 0) is 16.1 Å². The summed E-state index contributed by atoms with van der Waals surface area (Å²) in [6.07, 6.45) is 3.41. The normalized spacial score (nSPS) is 20.8. The molecule has 3 N–H and O–H groups in total. The molecule has 0 aliphatic carbocycles. The molecular weight excluding hydrogens is 280 g/mol. The highest BCUT2D eigenvalue weighted by Crippen LogP contribution is 2.19. The molecule has 5 heteroatoms. The fourth-order valence-electron chi connectivity index (χ4n) is 2.45. The maximum atomic E-state index is 12.1. The number of benzene rings is 1. The van der Waals surface area contributed by atoms with Crippen LogP contribution in [0.2, 0.25) is 0 Å². The van der Waals surface area contributed by atoms with E-state index in [0.717, 1.165) is 43.6 Å². The largest absolute Gasteiger partial charge is 0.494 e. The van der Waals surface area contributed by atoms with Crippen molar-refractivity contribution >= 4 is 5.91 Å². The molecule has 1 aliphatic rings. The summed E-state index contributed by atoms with van der Waals surface area (Å²) in [6.45, 7) is 3.82. The Bertz CT molecular complexity index is 479. The van der Waals surface area contributed by atoms with Crippen molar-refractivity contribution < 1.29 is 14.3 Å². The van der Waals surface area contributed by atoms with E-state index in [9.17, 15) is 4.79 Å². The quantitative estimate of drug-likeness (QED) is 0.720. The fraction of sp³-hybridized carbons (Fsp3) is 0.588. The number of hydrogen-bond acceptors (Lipinski definition) is 4. The third kappa shape index (κ3) is 5.00. The van der Waals surface area contributed by atoms with Crippen molar-refractivity contribution in [2.24, 2.45) is 5.73 Å². The molecule has 1 aromatic rings. The maximum absolute atomic E-state index is 12.1. The minimum Gasteiger partial charge on any atom is -0.494 e.